The SMILES string of the molecule is CC(C)NNC(=O)C1CC(F)(F)C2CN1C(=O)N2OS(=O)(=O)O. The van der Waals surface area contributed by atoms with Crippen LogP contribution in [0.5, 0.6) is 0 Å². The maximum Gasteiger partial charge on any atom is 0.418 e. The molecule has 3 N–H and O–H groups in total. The standard InChI is InChI=1S/C10H16F2N4O6S/c1-5(2)13-14-8(17)6-3-10(11,12)7-4-15(6)9(18)16(7)22-23(19,20)21/h5-7,13H,3-4H2,1-2H3,(H,14,17)(H,19,20,21). The molecule has 2 aliphatic heterocycles. The number of hydrazine groups is 1. The van der Waals surface area contributed by atoms with Crippen molar-refractivity contribution in [3.63, 3.8) is 0 Å². The van der Waals surface area contributed by atoms with Crippen molar-refractivity contribution in [1.29, 1.82) is 0 Å². The quantitative estimate of drug-likeness (QED) is 0.436. The van der Waals surface area contributed by atoms with E-state index < -0.39 is 53.3 Å². The van der Waals surface area contributed by atoms with Gasteiger partial charge in [0.05, 0.1) is 6.54 Å². The Labute approximate surface area is 130 Å². The van der Waals surface area contributed by atoms with Gasteiger partial charge in [-0.2, -0.15) is 13.5 Å². The van der Waals surface area contributed by atoms with E-state index in [4.69, 9.17) is 4.55 Å². The second-order valence-electron chi connectivity index (χ2n) is 5.55. The van der Waals surface area contributed by atoms with E-state index in [0.717, 1.165) is 4.90 Å². The number of alkyl halides is 2. The van der Waals surface area contributed by atoms with Gasteiger partial charge in [-0.25, -0.2) is 19.0 Å². The minimum absolute atomic E-state index is 0.113. The fraction of sp³-hybridized carbons (Fsp3) is 0.800. The van der Waals surface area contributed by atoms with Crippen LogP contribution in [0.15, 0.2) is 0 Å². The van der Waals surface area contributed by atoms with Crippen molar-refractivity contribution >= 4 is 22.3 Å². The van der Waals surface area contributed by atoms with Crippen molar-refractivity contribution in [3.8, 4) is 0 Å². The summed E-state index contributed by atoms with van der Waals surface area (Å²) in [5.41, 5.74) is 4.74. The van der Waals surface area contributed by atoms with Crippen LogP contribution in [0.3, 0.4) is 0 Å². The molecule has 13 heteroatoms. The van der Waals surface area contributed by atoms with Gasteiger partial charge in [0, 0.05) is 12.5 Å². The highest BCUT2D eigenvalue weighted by molar-refractivity contribution is 7.80. The molecule has 2 bridgehead atoms. The average molecular weight is 358 g/mol. The number of carbonyl (C=O) groups excluding carboxylic acids is 2. The Balaban J connectivity index is 2.22. The predicted octanol–water partition coefficient (Wildman–Crippen LogP) is -0.736. The van der Waals surface area contributed by atoms with Crippen LogP contribution in [0.1, 0.15) is 20.3 Å². The monoisotopic (exact) mass is 358 g/mol. The molecule has 0 aromatic heterocycles. The van der Waals surface area contributed by atoms with Gasteiger partial charge in [0.25, 0.3) is 11.8 Å². The first-order chi connectivity index (χ1) is 10.4. The van der Waals surface area contributed by atoms with Gasteiger partial charge in [-0.3, -0.25) is 14.8 Å². The Morgan fingerprint density at radius 1 is 1.48 bits per heavy atom. The third kappa shape index (κ3) is 3.68. The smallest absolute Gasteiger partial charge is 0.308 e. The molecule has 2 aliphatic rings. The Kier molecular flexibility index (Phi) is 4.49. The number of hydrogen-bond donors (Lipinski definition) is 3. The van der Waals surface area contributed by atoms with Crippen molar-refractivity contribution in [3.05, 3.63) is 0 Å². The molecule has 2 saturated heterocycles. The van der Waals surface area contributed by atoms with Gasteiger partial charge in [-0.05, 0) is 13.8 Å². The number of fused-ring (bicyclic) bond motifs is 2. The van der Waals surface area contributed by atoms with Gasteiger partial charge in [-0.15, -0.1) is 4.28 Å². The van der Waals surface area contributed by atoms with Gasteiger partial charge in [0.2, 0.25) is 0 Å². The molecule has 0 spiro atoms. The summed E-state index contributed by atoms with van der Waals surface area (Å²) in [5.74, 6) is -4.44. The predicted molar refractivity (Wildman–Crippen MR) is 70.1 cm³/mol. The fourth-order valence-electron chi connectivity index (χ4n) is 2.39. The molecule has 132 valence electrons. The second-order valence-corrected chi connectivity index (χ2v) is 6.55. The maximum atomic E-state index is 14.1. The van der Waals surface area contributed by atoms with Gasteiger partial charge < -0.3 is 4.90 Å². The lowest BCUT2D eigenvalue weighted by Crippen LogP contribution is -2.58. The number of amides is 3. The Morgan fingerprint density at radius 2 is 2.09 bits per heavy atom. The summed E-state index contributed by atoms with van der Waals surface area (Å²) in [6, 6.07) is -4.83. The number of carbonyl (C=O) groups is 2. The van der Waals surface area contributed by atoms with Crippen LogP contribution in [-0.2, 0) is 19.5 Å². The van der Waals surface area contributed by atoms with E-state index in [1.165, 1.54) is 0 Å². The number of hydroxylamine groups is 2. The largest absolute Gasteiger partial charge is 0.418 e. The summed E-state index contributed by atoms with van der Waals surface area (Å²) in [6.45, 7) is 2.80. The van der Waals surface area contributed by atoms with Crippen molar-refractivity contribution in [2.75, 3.05) is 6.54 Å². The van der Waals surface area contributed by atoms with E-state index in [2.05, 4.69) is 15.1 Å². The molecule has 10 nitrogen and oxygen atoms in total. The zero-order valence-corrected chi connectivity index (χ0v) is 13.0. The van der Waals surface area contributed by atoms with Crippen LogP contribution in [0.4, 0.5) is 13.6 Å². The van der Waals surface area contributed by atoms with E-state index in [9.17, 15) is 26.8 Å². The lowest BCUT2D eigenvalue weighted by Gasteiger charge is -2.35. The normalized spacial score (nSPS) is 26.8. The van der Waals surface area contributed by atoms with Crippen LogP contribution < -0.4 is 10.9 Å². The second kappa shape index (κ2) is 5.81. The summed E-state index contributed by atoms with van der Waals surface area (Å²) in [6.07, 6.45) is -1.000. The van der Waals surface area contributed by atoms with Crippen LogP contribution in [0, 0.1) is 0 Å². The van der Waals surface area contributed by atoms with E-state index in [-0.39, 0.29) is 11.1 Å². The van der Waals surface area contributed by atoms with Crippen molar-refractivity contribution in [2.24, 2.45) is 0 Å². The molecule has 0 aromatic rings. The van der Waals surface area contributed by atoms with Gasteiger partial charge in [0.1, 0.15) is 12.1 Å². The molecule has 2 atom stereocenters. The molecule has 0 aromatic carbocycles. The van der Waals surface area contributed by atoms with Crippen LogP contribution in [0.25, 0.3) is 0 Å². The van der Waals surface area contributed by atoms with E-state index in [1.54, 1.807) is 13.8 Å². The first-order valence-electron chi connectivity index (χ1n) is 6.62. The lowest BCUT2D eigenvalue weighted by atomic mass is 9.96. The van der Waals surface area contributed by atoms with Crippen LogP contribution >= 0.6 is 0 Å². The lowest BCUT2D eigenvalue weighted by molar-refractivity contribution is -0.154. The third-order valence-electron chi connectivity index (χ3n) is 3.38. The number of nitrogens with one attached hydrogen (secondary N) is 2. The summed E-state index contributed by atoms with van der Waals surface area (Å²) in [7, 11) is -5.16. The topological polar surface area (TPSA) is 128 Å². The first-order valence-corrected chi connectivity index (χ1v) is 7.99. The molecule has 2 unspecified atom stereocenters. The number of nitrogens with zero attached hydrogens (tertiary/aromatic N) is 2. The number of rotatable bonds is 5. The average Bonchev–Trinajstić information content (AvgIpc) is 2.66. The zero-order valence-electron chi connectivity index (χ0n) is 12.2. The molecule has 0 aliphatic carbocycles. The first kappa shape index (κ1) is 17.8. The van der Waals surface area contributed by atoms with Gasteiger partial charge >= 0.3 is 16.4 Å². The molecular weight excluding hydrogens is 342 g/mol. The fourth-order valence-corrected chi connectivity index (χ4v) is 2.76. The molecule has 2 heterocycles. The van der Waals surface area contributed by atoms with E-state index in [1.807, 2.05) is 0 Å². The molecule has 23 heavy (non-hydrogen) atoms. The highest BCUT2D eigenvalue weighted by atomic mass is 32.3. The van der Waals surface area contributed by atoms with Gasteiger partial charge in [0.15, 0.2) is 0 Å². The van der Waals surface area contributed by atoms with Crippen molar-refractivity contribution in [1.82, 2.24) is 20.8 Å². The number of halogens is 2. The molecule has 2 rings (SSSR count). The number of urea groups is 1. The minimum atomic E-state index is -5.16. The molecular formula is C10H16F2N4O6S. The minimum Gasteiger partial charge on any atom is -0.308 e. The summed E-state index contributed by atoms with van der Waals surface area (Å²) in [4.78, 5) is 24.8. The van der Waals surface area contributed by atoms with Crippen molar-refractivity contribution < 1.29 is 35.6 Å². The third-order valence-corrected chi connectivity index (χ3v) is 3.73. The molecule has 0 radical (unpaired) electrons. The Morgan fingerprint density at radius 3 is 2.61 bits per heavy atom. The number of piperidine rings is 1. The van der Waals surface area contributed by atoms with Crippen LogP contribution in [-0.4, -0.2) is 65.5 Å². The summed E-state index contributed by atoms with van der Waals surface area (Å²) >= 11 is 0. The molecule has 0 saturated carbocycles. The highest BCUT2D eigenvalue weighted by Gasteiger charge is 2.62. The van der Waals surface area contributed by atoms with Gasteiger partial charge in [-0.1, -0.05) is 0 Å². The van der Waals surface area contributed by atoms with Crippen LogP contribution in [0.2, 0.25) is 0 Å². The number of hydrogen-bond acceptors (Lipinski definition) is 6. The van der Waals surface area contributed by atoms with E-state index in [0.29, 0.717) is 0 Å². The molecule has 2 fully saturated rings. The zero-order chi connectivity index (χ0) is 17.6. The van der Waals surface area contributed by atoms with Crippen molar-refractivity contribution in [2.45, 2.75) is 44.3 Å². The molecule has 3 amide bonds. The maximum absolute atomic E-state index is 14.1. The Bertz CT molecular complexity index is 612. The Hall–Kier alpha value is -1.57. The highest BCUT2D eigenvalue weighted by Crippen LogP contribution is 2.40. The summed E-state index contributed by atoms with van der Waals surface area (Å²) in [5, 5.41) is -0.113. The summed E-state index contributed by atoms with van der Waals surface area (Å²) < 4.78 is 62.2. The van der Waals surface area contributed by atoms with E-state index >= 15 is 0 Å².